The van der Waals surface area contributed by atoms with Crippen LogP contribution in [0.25, 0.3) is 0 Å². The molecule has 28 heavy (non-hydrogen) atoms. The lowest BCUT2D eigenvalue weighted by atomic mass is 10.0. The summed E-state index contributed by atoms with van der Waals surface area (Å²) in [6.45, 7) is 11.1. The average molecular weight is 379 g/mol. The van der Waals surface area contributed by atoms with E-state index in [1.165, 1.54) is 16.8 Å². The summed E-state index contributed by atoms with van der Waals surface area (Å²) < 4.78 is 16.6. The smallest absolute Gasteiger partial charge is 0.127 e. The highest BCUT2D eigenvalue weighted by molar-refractivity contribution is 5.23. The number of hydrogen-bond acceptors (Lipinski definition) is 1. The summed E-state index contributed by atoms with van der Waals surface area (Å²) in [6, 6.07) is 20.4. The van der Waals surface area contributed by atoms with Crippen LogP contribution in [-0.4, -0.2) is 15.5 Å². The molecule has 148 valence electrons. The number of aromatic nitrogens is 1. The van der Waals surface area contributed by atoms with Crippen LogP contribution < -0.4 is 0 Å². The van der Waals surface area contributed by atoms with E-state index >= 15 is 0 Å². The van der Waals surface area contributed by atoms with Crippen LogP contribution in [0.5, 0.6) is 0 Å². The third-order valence-electron chi connectivity index (χ3n) is 5.63. The van der Waals surface area contributed by atoms with E-state index in [-0.39, 0.29) is 5.82 Å². The highest BCUT2D eigenvalue weighted by Crippen LogP contribution is 2.20. The fourth-order valence-corrected chi connectivity index (χ4v) is 3.46. The lowest BCUT2D eigenvalue weighted by Gasteiger charge is -2.32. The molecule has 2 nitrogen and oxygen atoms in total. The highest BCUT2D eigenvalue weighted by Gasteiger charge is 2.20. The third-order valence-corrected chi connectivity index (χ3v) is 5.63. The largest absolute Gasteiger partial charge is 0.346 e. The van der Waals surface area contributed by atoms with Crippen LogP contribution in [0.2, 0.25) is 0 Å². The maximum atomic E-state index is 14.3. The van der Waals surface area contributed by atoms with Gasteiger partial charge in [0.1, 0.15) is 5.82 Å². The number of hydrogen-bond donors (Lipinski definition) is 0. The van der Waals surface area contributed by atoms with E-state index in [1.807, 2.05) is 12.1 Å². The first-order chi connectivity index (χ1) is 13.4. The number of benzene rings is 2. The molecule has 0 amide bonds. The van der Waals surface area contributed by atoms with Crippen LogP contribution in [-0.2, 0) is 19.6 Å². The van der Waals surface area contributed by atoms with Crippen molar-refractivity contribution in [1.82, 2.24) is 9.47 Å². The van der Waals surface area contributed by atoms with Gasteiger partial charge in [0.05, 0.1) is 0 Å². The van der Waals surface area contributed by atoms with Crippen molar-refractivity contribution in [3.8, 4) is 0 Å². The summed E-state index contributed by atoms with van der Waals surface area (Å²) in [7, 11) is 0. The Kier molecular flexibility index (Phi) is 6.69. The molecule has 3 aromatic rings. The summed E-state index contributed by atoms with van der Waals surface area (Å²) >= 11 is 0. The molecule has 0 spiro atoms. The Balaban J connectivity index is 1.80. The first-order valence-electron chi connectivity index (χ1n) is 10.1. The fraction of sp³-hybridized carbons (Fsp3) is 0.360. The Morgan fingerprint density at radius 3 is 2.29 bits per heavy atom. The van der Waals surface area contributed by atoms with Crippen molar-refractivity contribution in [1.29, 1.82) is 0 Å². The van der Waals surface area contributed by atoms with E-state index in [9.17, 15) is 4.39 Å². The maximum absolute atomic E-state index is 14.3. The van der Waals surface area contributed by atoms with Crippen molar-refractivity contribution in [2.24, 2.45) is 5.92 Å². The van der Waals surface area contributed by atoms with Crippen LogP contribution in [0.3, 0.4) is 0 Å². The second kappa shape index (κ2) is 9.20. The molecule has 1 atom stereocenters. The molecule has 0 fully saturated rings. The van der Waals surface area contributed by atoms with Gasteiger partial charge in [-0.2, -0.15) is 0 Å². The summed E-state index contributed by atoms with van der Waals surface area (Å²) in [5.41, 5.74) is 4.58. The standard InChI is InChI=1S/C25H31FN2/c1-19(2)21(4)28(17-23-8-5-6-10-25(23)26)18-24-9-7-15-27(24)16-22-13-11-20(3)12-14-22/h5-15,19,21H,16-18H2,1-4H3/t21-/m0/s1. The van der Waals surface area contributed by atoms with Gasteiger partial charge >= 0.3 is 0 Å². The van der Waals surface area contributed by atoms with Crippen LogP contribution in [0, 0.1) is 18.7 Å². The Morgan fingerprint density at radius 2 is 1.61 bits per heavy atom. The molecule has 0 saturated heterocycles. The molecule has 0 aliphatic rings. The molecule has 3 rings (SSSR count). The minimum absolute atomic E-state index is 0.126. The lowest BCUT2D eigenvalue weighted by Crippen LogP contribution is -2.36. The van der Waals surface area contributed by atoms with Crippen molar-refractivity contribution in [2.75, 3.05) is 0 Å². The monoisotopic (exact) mass is 378 g/mol. The van der Waals surface area contributed by atoms with E-state index in [4.69, 9.17) is 0 Å². The van der Waals surface area contributed by atoms with Crippen LogP contribution in [0.15, 0.2) is 66.9 Å². The van der Waals surface area contributed by atoms with Crippen molar-refractivity contribution < 1.29 is 4.39 Å². The minimum atomic E-state index is -0.126. The molecule has 3 heteroatoms. The van der Waals surface area contributed by atoms with Gasteiger partial charge in [-0.3, -0.25) is 4.90 Å². The first kappa shape index (κ1) is 20.3. The van der Waals surface area contributed by atoms with E-state index in [2.05, 4.69) is 79.8 Å². The quantitative estimate of drug-likeness (QED) is 0.464. The van der Waals surface area contributed by atoms with Crippen LogP contribution in [0.4, 0.5) is 4.39 Å². The summed E-state index contributed by atoms with van der Waals surface area (Å²) in [6.07, 6.45) is 2.14. The Labute approximate surface area is 168 Å². The molecule has 0 bridgehead atoms. The van der Waals surface area contributed by atoms with Crippen molar-refractivity contribution in [2.45, 2.75) is 53.4 Å². The van der Waals surface area contributed by atoms with Crippen molar-refractivity contribution >= 4 is 0 Å². The molecule has 1 aromatic heterocycles. The van der Waals surface area contributed by atoms with Crippen molar-refractivity contribution in [3.63, 3.8) is 0 Å². The molecular weight excluding hydrogens is 347 g/mol. The first-order valence-corrected chi connectivity index (χ1v) is 10.1. The summed E-state index contributed by atoms with van der Waals surface area (Å²) in [5, 5.41) is 0. The number of rotatable bonds is 8. The second-order valence-electron chi connectivity index (χ2n) is 8.09. The van der Waals surface area contributed by atoms with E-state index in [1.54, 1.807) is 12.1 Å². The SMILES string of the molecule is Cc1ccc(Cn2cccc2CN(Cc2ccccc2F)[C@@H](C)C(C)C)cc1. The molecule has 1 heterocycles. The molecule has 0 radical (unpaired) electrons. The van der Waals surface area contributed by atoms with Gasteiger partial charge in [0.15, 0.2) is 0 Å². The zero-order valence-electron chi connectivity index (χ0n) is 17.4. The second-order valence-corrected chi connectivity index (χ2v) is 8.09. The molecule has 0 aliphatic heterocycles. The number of nitrogens with zero attached hydrogens (tertiary/aromatic N) is 2. The minimum Gasteiger partial charge on any atom is -0.346 e. The van der Waals surface area contributed by atoms with Gasteiger partial charge < -0.3 is 4.57 Å². The molecular formula is C25H31FN2. The van der Waals surface area contributed by atoms with E-state index in [0.717, 1.165) is 18.7 Å². The third kappa shape index (κ3) is 5.11. The zero-order valence-corrected chi connectivity index (χ0v) is 17.4. The zero-order chi connectivity index (χ0) is 20.1. The van der Waals surface area contributed by atoms with Crippen LogP contribution >= 0.6 is 0 Å². The predicted molar refractivity (Wildman–Crippen MR) is 115 cm³/mol. The average Bonchev–Trinajstić information content (AvgIpc) is 3.10. The van der Waals surface area contributed by atoms with Gasteiger partial charge in [0, 0.05) is 43.1 Å². The molecule has 0 aliphatic carbocycles. The van der Waals surface area contributed by atoms with Gasteiger partial charge in [-0.15, -0.1) is 0 Å². The normalized spacial score (nSPS) is 12.7. The lowest BCUT2D eigenvalue weighted by molar-refractivity contribution is 0.146. The Bertz CT molecular complexity index is 880. The van der Waals surface area contributed by atoms with Gasteiger partial charge in [0.25, 0.3) is 0 Å². The van der Waals surface area contributed by atoms with Gasteiger partial charge in [-0.1, -0.05) is 61.9 Å². The topological polar surface area (TPSA) is 8.17 Å². The number of halogens is 1. The summed E-state index contributed by atoms with van der Waals surface area (Å²) in [4.78, 5) is 2.38. The van der Waals surface area contributed by atoms with E-state index < -0.39 is 0 Å². The molecule has 2 aromatic carbocycles. The van der Waals surface area contributed by atoms with Gasteiger partial charge in [-0.05, 0) is 43.5 Å². The predicted octanol–water partition coefficient (Wildman–Crippen LogP) is 6.03. The van der Waals surface area contributed by atoms with E-state index in [0.29, 0.717) is 18.5 Å². The Morgan fingerprint density at radius 1 is 0.893 bits per heavy atom. The summed E-state index contributed by atoms with van der Waals surface area (Å²) in [5.74, 6) is 0.366. The number of aryl methyl sites for hydroxylation is 1. The molecule has 0 N–H and O–H groups in total. The maximum Gasteiger partial charge on any atom is 0.127 e. The molecule has 0 saturated carbocycles. The van der Waals surface area contributed by atoms with Crippen LogP contribution in [0.1, 0.15) is 43.2 Å². The van der Waals surface area contributed by atoms with Crippen molar-refractivity contribution in [3.05, 3.63) is 95.1 Å². The van der Waals surface area contributed by atoms with Gasteiger partial charge in [0.2, 0.25) is 0 Å². The fourth-order valence-electron chi connectivity index (χ4n) is 3.46. The van der Waals surface area contributed by atoms with Gasteiger partial charge in [-0.25, -0.2) is 4.39 Å². The highest BCUT2D eigenvalue weighted by atomic mass is 19.1. The Hall–Kier alpha value is -2.39. The molecule has 0 unspecified atom stereocenters.